The maximum atomic E-state index is 12.1. The molecule has 3 N–H and O–H groups in total. The van der Waals surface area contributed by atoms with E-state index in [0.717, 1.165) is 12.0 Å². The van der Waals surface area contributed by atoms with Crippen LogP contribution in [0.3, 0.4) is 0 Å². The van der Waals surface area contributed by atoms with E-state index in [1.807, 2.05) is 30.3 Å². The Balaban J connectivity index is 2.64. The predicted octanol–water partition coefficient (Wildman–Crippen LogP) is 1.31. The van der Waals surface area contributed by atoms with Crippen molar-refractivity contribution in [2.75, 3.05) is 20.1 Å². The monoisotopic (exact) mass is 291 g/mol. The average molecular weight is 291 g/mol. The van der Waals surface area contributed by atoms with E-state index in [4.69, 9.17) is 5.73 Å². The minimum Gasteiger partial charge on any atom is -0.369 e. The molecule has 5 nitrogen and oxygen atoms in total. The van der Waals surface area contributed by atoms with Gasteiger partial charge in [0, 0.05) is 0 Å². The molecule has 1 aromatic carbocycles. The molecule has 0 heterocycles. The van der Waals surface area contributed by atoms with Gasteiger partial charge in [0.15, 0.2) is 0 Å². The highest BCUT2D eigenvalue weighted by atomic mass is 16.2. The fraction of sp³-hybridized carbons (Fsp3) is 0.500. The van der Waals surface area contributed by atoms with Crippen molar-refractivity contribution in [1.82, 2.24) is 10.2 Å². The van der Waals surface area contributed by atoms with Crippen LogP contribution in [0.5, 0.6) is 0 Å². The first-order valence-corrected chi connectivity index (χ1v) is 7.19. The van der Waals surface area contributed by atoms with E-state index in [9.17, 15) is 9.59 Å². The summed E-state index contributed by atoms with van der Waals surface area (Å²) in [6.07, 6.45) is 0.870. The Labute approximate surface area is 126 Å². The van der Waals surface area contributed by atoms with Crippen LogP contribution in [0.15, 0.2) is 30.3 Å². The molecule has 1 rings (SSSR count). The van der Waals surface area contributed by atoms with Gasteiger partial charge in [0.25, 0.3) is 0 Å². The van der Waals surface area contributed by atoms with E-state index >= 15 is 0 Å². The zero-order valence-corrected chi connectivity index (χ0v) is 13.0. The maximum Gasteiger partial charge on any atom is 0.234 e. The second-order valence-electron chi connectivity index (χ2n) is 5.80. The Bertz CT molecular complexity index is 460. The third-order valence-electron chi connectivity index (χ3n) is 3.08. The van der Waals surface area contributed by atoms with Crippen molar-refractivity contribution in [1.29, 1.82) is 0 Å². The van der Waals surface area contributed by atoms with Crippen LogP contribution in [-0.4, -0.2) is 36.9 Å². The van der Waals surface area contributed by atoms with E-state index < -0.39 is 5.91 Å². The lowest BCUT2D eigenvalue weighted by atomic mass is 9.97. The minimum atomic E-state index is -0.438. The second-order valence-corrected chi connectivity index (χ2v) is 5.80. The van der Waals surface area contributed by atoms with Crippen molar-refractivity contribution in [3.05, 3.63) is 35.9 Å². The predicted molar refractivity (Wildman–Crippen MR) is 83.5 cm³/mol. The number of nitrogens with one attached hydrogen (secondary N) is 1. The van der Waals surface area contributed by atoms with Crippen molar-refractivity contribution in [3.8, 4) is 0 Å². The van der Waals surface area contributed by atoms with E-state index in [0.29, 0.717) is 5.92 Å². The average Bonchev–Trinajstić information content (AvgIpc) is 2.37. The van der Waals surface area contributed by atoms with Crippen molar-refractivity contribution < 1.29 is 9.59 Å². The standard InChI is InChI=1S/C16H25N3O2/c1-12(2)9-14(13-7-5-4-6-8-13)18-16(21)11-19(3)10-15(17)20/h4-8,12,14H,9-11H2,1-3H3,(H2,17,20)(H,18,21)/t14-/m1/s1. The van der Waals surface area contributed by atoms with Gasteiger partial charge in [-0.25, -0.2) is 0 Å². The number of likely N-dealkylation sites (N-methyl/N-ethyl adjacent to an activating group) is 1. The molecule has 0 aliphatic rings. The van der Waals surface area contributed by atoms with Gasteiger partial charge in [0.1, 0.15) is 0 Å². The molecular weight excluding hydrogens is 266 g/mol. The van der Waals surface area contributed by atoms with Gasteiger partial charge in [-0.3, -0.25) is 14.5 Å². The fourth-order valence-corrected chi connectivity index (χ4v) is 2.24. The first-order valence-electron chi connectivity index (χ1n) is 7.19. The Kier molecular flexibility index (Phi) is 6.88. The lowest BCUT2D eigenvalue weighted by Crippen LogP contribution is -2.40. The number of nitrogens with two attached hydrogens (primary N) is 1. The van der Waals surface area contributed by atoms with Crippen LogP contribution >= 0.6 is 0 Å². The zero-order chi connectivity index (χ0) is 15.8. The molecule has 0 spiro atoms. The topological polar surface area (TPSA) is 75.4 Å². The number of primary amides is 1. The van der Waals surface area contributed by atoms with E-state index in [2.05, 4.69) is 19.2 Å². The summed E-state index contributed by atoms with van der Waals surface area (Å²) in [5.41, 5.74) is 6.21. The summed E-state index contributed by atoms with van der Waals surface area (Å²) in [5.74, 6) is -0.0702. The van der Waals surface area contributed by atoms with Gasteiger partial charge < -0.3 is 11.1 Å². The van der Waals surface area contributed by atoms with E-state index in [1.54, 1.807) is 11.9 Å². The lowest BCUT2D eigenvalue weighted by Gasteiger charge is -2.23. The summed E-state index contributed by atoms with van der Waals surface area (Å²) >= 11 is 0. The summed E-state index contributed by atoms with van der Waals surface area (Å²) in [6.45, 7) is 4.49. The van der Waals surface area contributed by atoms with Crippen LogP contribution in [0.4, 0.5) is 0 Å². The Morgan fingerprint density at radius 3 is 2.33 bits per heavy atom. The molecule has 1 atom stereocenters. The second kappa shape index (κ2) is 8.42. The number of nitrogens with zero attached hydrogens (tertiary/aromatic N) is 1. The molecule has 0 saturated heterocycles. The molecule has 21 heavy (non-hydrogen) atoms. The SMILES string of the molecule is CC(C)C[C@@H](NC(=O)CN(C)CC(N)=O)c1ccccc1. The molecule has 0 radical (unpaired) electrons. The van der Waals surface area contributed by atoms with Crippen LogP contribution in [0, 0.1) is 5.92 Å². The molecule has 5 heteroatoms. The van der Waals surface area contributed by atoms with E-state index in [-0.39, 0.29) is 25.0 Å². The third-order valence-corrected chi connectivity index (χ3v) is 3.08. The lowest BCUT2D eigenvalue weighted by molar-refractivity contribution is -0.124. The third kappa shape index (κ3) is 6.90. The normalized spacial score (nSPS) is 12.4. The summed E-state index contributed by atoms with van der Waals surface area (Å²) in [7, 11) is 1.70. The molecule has 1 aromatic rings. The summed E-state index contributed by atoms with van der Waals surface area (Å²) in [5, 5.41) is 3.04. The molecule has 116 valence electrons. The number of benzene rings is 1. The molecule has 0 aromatic heterocycles. The van der Waals surface area contributed by atoms with E-state index in [1.165, 1.54) is 0 Å². The summed E-state index contributed by atoms with van der Waals surface area (Å²) < 4.78 is 0. The van der Waals surface area contributed by atoms with Crippen molar-refractivity contribution in [3.63, 3.8) is 0 Å². The maximum absolute atomic E-state index is 12.1. The fourth-order valence-electron chi connectivity index (χ4n) is 2.24. The molecule has 0 aliphatic carbocycles. The highest BCUT2D eigenvalue weighted by Gasteiger charge is 2.17. The number of carbonyl (C=O) groups is 2. The van der Waals surface area contributed by atoms with Gasteiger partial charge in [-0.1, -0.05) is 44.2 Å². The molecule has 0 saturated carbocycles. The van der Waals surface area contributed by atoms with Crippen molar-refractivity contribution in [2.45, 2.75) is 26.3 Å². The molecule has 0 unspecified atom stereocenters. The van der Waals surface area contributed by atoms with Crippen LogP contribution in [0.25, 0.3) is 0 Å². The quantitative estimate of drug-likeness (QED) is 0.758. The zero-order valence-electron chi connectivity index (χ0n) is 13.0. The van der Waals surface area contributed by atoms with Crippen molar-refractivity contribution in [2.24, 2.45) is 11.7 Å². The molecule has 2 amide bonds. The number of hydrogen-bond acceptors (Lipinski definition) is 3. The molecule has 0 bridgehead atoms. The van der Waals surface area contributed by atoms with Crippen LogP contribution < -0.4 is 11.1 Å². The van der Waals surface area contributed by atoms with Crippen LogP contribution in [-0.2, 0) is 9.59 Å². The molecular formula is C16H25N3O2. The number of carbonyl (C=O) groups excluding carboxylic acids is 2. The van der Waals surface area contributed by atoms with Crippen LogP contribution in [0.2, 0.25) is 0 Å². The molecule has 0 aliphatic heterocycles. The Morgan fingerprint density at radius 1 is 1.19 bits per heavy atom. The largest absolute Gasteiger partial charge is 0.369 e. The number of amides is 2. The summed E-state index contributed by atoms with van der Waals surface area (Å²) in [4.78, 5) is 24.5. The number of hydrogen-bond donors (Lipinski definition) is 2. The Hall–Kier alpha value is -1.88. The van der Waals surface area contributed by atoms with Gasteiger partial charge in [-0.2, -0.15) is 0 Å². The first-order chi connectivity index (χ1) is 9.88. The first kappa shape index (κ1) is 17.2. The van der Waals surface area contributed by atoms with Gasteiger partial charge in [0.05, 0.1) is 19.1 Å². The van der Waals surface area contributed by atoms with Gasteiger partial charge >= 0.3 is 0 Å². The Morgan fingerprint density at radius 2 is 1.81 bits per heavy atom. The van der Waals surface area contributed by atoms with Gasteiger partial charge in [0.2, 0.25) is 11.8 Å². The minimum absolute atomic E-state index is 0.0133. The van der Waals surface area contributed by atoms with Gasteiger partial charge in [-0.05, 0) is 24.9 Å². The van der Waals surface area contributed by atoms with Crippen molar-refractivity contribution >= 4 is 11.8 Å². The summed E-state index contributed by atoms with van der Waals surface area (Å²) in [6, 6.07) is 9.90. The highest BCUT2D eigenvalue weighted by Crippen LogP contribution is 2.20. The molecule has 0 fully saturated rings. The number of rotatable bonds is 8. The van der Waals surface area contributed by atoms with Crippen LogP contribution in [0.1, 0.15) is 31.9 Å². The smallest absolute Gasteiger partial charge is 0.234 e. The highest BCUT2D eigenvalue weighted by molar-refractivity contribution is 5.80. The van der Waals surface area contributed by atoms with Gasteiger partial charge in [-0.15, -0.1) is 0 Å².